The number of fused-ring (bicyclic) bond motifs is 1. The van der Waals surface area contributed by atoms with Crippen LogP contribution in [-0.4, -0.2) is 30.6 Å². The Hall–Kier alpha value is -0.900. The molecular formula is C18H28O4. The summed E-state index contributed by atoms with van der Waals surface area (Å²) in [5.41, 5.74) is -0.266. The van der Waals surface area contributed by atoms with Gasteiger partial charge in [-0.25, -0.2) is 0 Å². The molecule has 2 bridgehead atoms. The van der Waals surface area contributed by atoms with E-state index in [0.717, 1.165) is 19.3 Å². The van der Waals surface area contributed by atoms with Crippen LogP contribution in [-0.2, 0) is 19.1 Å². The van der Waals surface area contributed by atoms with E-state index in [1.165, 1.54) is 0 Å². The van der Waals surface area contributed by atoms with Gasteiger partial charge in [-0.1, -0.05) is 6.92 Å². The average molecular weight is 308 g/mol. The number of ketones is 1. The minimum absolute atomic E-state index is 0.0305. The van der Waals surface area contributed by atoms with Gasteiger partial charge in [0.2, 0.25) is 0 Å². The summed E-state index contributed by atoms with van der Waals surface area (Å²) in [6.07, 6.45) is 3.29. The Kier molecular flexibility index (Phi) is 3.87. The SMILES string of the molecule is CCOC(=O)[C@H]1CC(=O)[C@@H]2COC(C)(C)[C@@H]3CC[C@@]1(C)C[C@@H]32. The van der Waals surface area contributed by atoms with Crippen LogP contribution >= 0.6 is 0 Å². The molecule has 3 aliphatic rings. The third-order valence-corrected chi connectivity index (χ3v) is 6.52. The predicted molar refractivity (Wildman–Crippen MR) is 82.2 cm³/mol. The van der Waals surface area contributed by atoms with Crippen molar-refractivity contribution < 1.29 is 19.1 Å². The van der Waals surface area contributed by atoms with Crippen molar-refractivity contribution in [1.82, 2.24) is 0 Å². The highest BCUT2D eigenvalue weighted by molar-refractivity contribution is 5.87. The lowest BCUT2D eigenvalue weighted by Crippen LogP contribution is -2.53. The maximum atomic E-state index is 12.8. The lowest BCUT2D eigenvalue weighted by Gasteiger charge is -2.53. The quantitative estimate of drug-likeness (QED) is 0.736. The largest absolute Gasteiger partial charge is 0.466 e. The average Bonchev–Trinajstić information content (AvgIpc) is 2.52. The highest BCUT2D eigenvalue weighted by Crippen LogP contribution is 2.57. The number of esters is 1. The number of Topliss-reactive ketones (excluding diaryl/α,β-unsaturated/α-hetero) is 1. The van der Waals surface area contributed by atoms with Crippen molar-refractivity contribution in [3.05, 3.63) is 0 Å². The summed E-state index contributed by atoms with van der Waals surface area (Å²) in [5, 5.41) is 0. The number of carbonyl (C=O) groups is 2. The van der Waals surface area contributed by atoms with Crippen molar-refractivity contribution >= 4 is 11.8 Å². The minimum atomic E-state index is -0.283. The van der Waals surface area contributed by atoms with E-state index in [2.05, 4.69) is 20.8 Å². The molecule has 0 amide bonds. The van der Waals surface area contributed by atoms with Gasteiger partial charge < -0.3 is 9.47 Å². The number of ether oxygens (including phenoxy) is 2. The summed E-state index contributed by atoms with van der Waals surface area (Å²) in [6.45, 7) is 9.20. The van der Waals surface area contributed by atoms with E-state index in [1.54, 1.807) is 0 Å². The standard InChI is InChI=1S/C18H28O4/c1-5-21-16(20)14-8-15(19)12-10-22-17(2,3)13-6-7-18(14,4)9-11(12)13/h11-14H,5-10H2,1-4H3/t11-,12-,13-,14-,18+/m1/s1. The molecule has 4 nitrogen and oxygen atoms in total. The fraction of sp³-hybridized carbons (Fsp3) is 0.889. The first-order valence-electron chi connectivity index (χ1n) is 8.62. The van der Waals surface area contributed by atoms with Crippen molar-refractivity contribution in [3.63, 3.8) is 0 Å². The first-order chi connectivity index (χ1) is 10.3. The van der Waals surface area contributed by atoms with E-state index in [-0.39, 0.29) is 34.6 Å². The molecule has 3 fully saturated rings. The smallest absolute Gasteiger partial charge is 0.309 e. The van der Waals surface area contributed by atoms with Crippen LogP contribution in [0.4, 0.5) is 0 Å². The highest BCUT2D eigenvalue weighted by atomic mass is 16.5. The highest BCUT2D eigenvalue weighted by Gasteiger charge is 2.57. The molecule has 0 aromatic heterocycles. The van der Waals surface area contributed by atoms with Gasteiger partial charge in [-0.2, -0.15) is 0 Å². The molecule has 0 radical (unpaired) electrons. The Morgan fingerprint density at radius 3 is 2.77 bits per heavy atom. The molecule has 0 spiro atoms. The summed E-state index contributed by atoms with van der Waals surface area (Å²) >= 11 is 0. The molecule has 2 aliphatic carbocycles. The maximum absolute atomic E-state index is 12.8. The van der Waals surface area contributed by atoms with Crippen LogP contribution in [0.3, 0.4) is 0 Å². The number of rotatable bonds is 2. The number of hydrogen-bond acceptors (Lipinski definition) is 4. The second-order valence-electron chi connectivity index (χ2n) is 8.16. The second-order valence-corrected chi connectivity index (χ2v) is 8.16. The normalized spacial score (nSPS) is 43.4. The van der Waals surface area contributed by atoms with Gasteiger partial charge in [0.15, 0.2) is 0 Å². The molecule has 0 aromatic carbocycles. The predicted octanol–water partition coefficient (Wildman–Crippen LogP) is 2.99. The van der Waals surface area contributed by atoms with Crippen molar-refractivity contribution in [2.75, 3.05) is 13.2 Å². The zero-order valence-corrected chi connectivity index (χ0v) is 14.2. The topological polar surface area (TPSA) is 52.6 Å². The molecule has 0 unspecified atom stereocenters. The zero-order chi connectivity index (χ0) is 16.1. The summed E-state index contributed by atoms with van der Waals surface area (Å²) < 4.78 is 11.3. The van der Waals surface area contributed by atoms with Gasteiger partial charge in [0.25, 0.3) is 0 Å². The minimum Gasteiger partial charge on any atom is -0.466 e. The van der Waals surface area contributed by atoms with Gasteiger partial charge in [-0.15, -0.1) is 0 Å². The fourth-order valence-corrected chi connectivity index (χ4v) is 5.16. The molecule has 124 valence electrons. The summed E-state index contributed by atoms with van der Waals surface area (Å²) in [4.78, 5) is 25.2. The van der Waals surface area contributed by atoms with E-state index in [4.69, 9.17) is 9.47 Å². The van der Waals surface area contributed by atoms with Crippen LogP contribution in [0.1, 0.15) is 53.4 Å². The molecule has 0 aromatic rings. The summed E-state index contributed by atoms with van der Waals surface area (Å²) in [6, 6.07) is 0. The van der Waals surface area contributed by atoms with Gasteiger partial charge in [-0.3, -0.25) is 9.59 Å². The molecule has 22 heavy (non-hydrogen) atoms. The Bertz CT molecular complexity index is 483. The van der Waals surface area contributed by atoms with Crippen LogP contribution in [0, 0.1) is 29.1 Å². The van der Waals surface area contributed by atoms with Crippen LogP contribution in [0.2, 0.25) is 0 Å². The van der Waals surface area contributed by atoms with Crippen LogP contribution < -0.4 is 0 Å². The first-order valence-corrected chi connectivity index (χ1v) is 8.62. The van der Waals surface area contributed by atoms with Crippen molar-refractivity contribution in [2.24, 2.45) is 29.1 Å². The third-order valence-electron chi connectivity index (χ3n) is 6.52. The molecule has 4 heteroatoms. The van der Waals surface area contributed by atoms with E-state index >= 15 is 0 Å². The Morgan fingerprint density at radius 1 is 1.36 bits per heavy atom. The molecule has 2 saturated carbocycles. The van der Waals surface area contributed by atoms with Gasteiger partial charge in [0.05, 0.1) is 24.7 Å². The van der Waals surface area contributed by atoms with Gasteiger partial charge in [0.1, 0.15) is 5.78 Å². The molecule has 3 rings (SSSR count). The van der Waals surface area contributed by atoms with Crippen molar-refractivity contribution in [1.29, 1.82) is 0 Å². The zero-order valence-electron chi connectivity index (χ0n) is 14.2. The van der Waals surface area contributed by atoms with E-state index < -0.39 is 0 Å². The van der Waals surface area contributed by atoms with Crippen LogP contribution in [0.25, 0.3) is 0 Å². The second kappa shape index (κ2) is 5.33. The summed E-state index contributed by atoms with van der Waals surface area (Å²) in [5.74, 6) is 0.482. The lowest BCUT2D eigenvalue weighted by molar-refractivity contribution is -0.175. The van der Waals surface area contributed by atoms with Crippen molar-refractivity contribution in [3.8, 4) is 0 Å². The third kappa shape index (κ3) is 2.40. The molecule has 5 atom stereocenters. The van der Waals surface area contributed by atoms with Crippen LogP contribution in [0.5, 0.6) is 0 Å². The molecule has 0 N–H and O–H groups in total. The molecule has 1 saturated heterocycles. The molecule has 1 aliphatic heterocycles. The van der Waals surface area contributed by atoms with Gasteiger partial charge >= 0.3 is 5.97 Å². The van der Waals surface area contributed by atoms with E-state index in [0.29, 0.717) is 31.5 Å². The molecule has 1 heterocycles. The lowest BCUT2D eigenvalue weighted by atomic mass is 9.57. The van der Waals surface area contributed by atoms with Crippen LogP contribution in [0.15, 0.2) is 0 Å². The molecular weight excluding hydrogens is 280 g/mol. The monoisotopic (exact) mass is 308 g/mol. The fourth-order valence-electron chi connectivity index (χ4n) is 5.16. The maximum Gasteiger partial charge on any atom is 0.309 e. The first kappa shape index (κ1) is 16.0. The summed E-state index contributed by atoms with van der Waals surface area (Å²) in [7, 11) is 0. The number of carbonyl (C=O) groups excluding carboxylic acids is 2. The Balaban J connectivity index is 1.94. The number of hydrogen-bond donors (Lipinski definition) is 0. The Morgan fingerprint density at radius 2 is 2.09 bits per heavy atom. The van der Waals surface area contributed by atoms with Gasteiger partial charge in [-0.05, 0) is 57.3 Å². The van der Waals surface area contributed by atoms with E-state index in [9.17, 15) is 9.59 Å². The Labute approximate surface area is 132 Å². The van der Waals surface area contributed by atoms with Gasteiger partial charge in [0, 0.05) is 12.3 Å². The van der Waals surface area contributed by atoms with Crippen molar-refractivity contribution in [2.45, 2.75) is 59.0 Å². The van der Waals surface area contributed by atoms with E-state index in [1.807, 2.05) is 6.92 Å².